The first-order valence-corrected chi connectivity index (χ1v) is 11.5. The fourth-order valence-electron chi connectivity index (χ4n) is 4.80. The average Bonchev–Trinajstić information content (AvgIpc) is 2.80. The Morgan fingerprint density at radius 2 is 1.68 bits per heavy atom. The van der Waals surface area contributed by atoms with Crippen LogP contribution in [0.1, 0.15) is 53.1 Å². The van der Waals surface area contributed by atoms with Crippen molar-refractivity contribution in [1.29, 1.82) is 0 Å². The number of likely N-dealkylation sites (tertiary alicyclic amines) is 1. The third-order valence-corrected chi connectivity index (χ3v) is 6.71. The largest absolute Gasteiger partial charge is 0.508 e. The number of benzene rings is 2. The van der Waals surface area contributed by atoms with Gasteiger partial charge in [0.1, 0.15) is 5.75 Å². The molecular weight excluding hydrogens is 447 g/mol. The van der Waals surface area contributed by atoms with Gasteiger partial charge >= 0.3 is 6.18 Å². The molecule has 1 saturated heterocycles. The number of halogens is 3. The van der Waals surface area contributed by atoms with E-state index in [4.69, 9.17) is 0 Å². The van der Waals surface area contributed by atoms with Crippen LogP contribution < -0.4 is 10.6 Å². The molecular formula is C25H28F3N3O3. The lowest BCUT2D eigenvalue weighted by atomic mass is 9.80. The van der Waals surface area contributed by atoms with E-state index in [2.05, 4.69) is 15.5 Å². The molecule has 2 aliphatic rings. The Bertz CT molecular complexity index is 1010. The lowest BCUT2D eigenvalue weighted by Crippen LogP contribution is -2.63. The van der Waals surface area contributed by atoms with E-state index in [1.54, 1.807) is 12.1 Å². The van der Waals surface area contributed by atoms with Crippen molar-refractivity contribution in [3.05, 3.63) is 65.2 Å². The van der Waals surface area contributed by atoms with Crippen molar-refractivity contribution in [3.63, 3.8) is 0 Å². The molecule has 0 spiro atoms. The highest BCUT2D eigenvalue weighted by Gasteiger charge is 2.35. The highest BCUT2D eigenvalue weighted by atomic mass is 19.4. The highest BCUT2D eigenvalue weighted by Crippen LogP contribution is 2.36. The first kappa shape index (κ1) is 24.1. The van der Waals surface area contributed by atoms with Crippen LogP contribution >= 0.6 is 0 Å². The van der Waals surface area contributed by atoms with E-state index in [1.165, 1.54) is 17.7 Å². The Morgan fingerprint density at radius 3 is 2.32 bits per heavy atom. The first-order chi connectivity index (χ1) is 16.2. The zero-order valence-corrected chi connectivity index (χ0v) is 18.6. The van der Waals surface area contributed by atoms with Crippen molar-refractivity contribution in [2.45, 2.75) is 49.9 Å². The van der Waals surface area contributed by atoms with Gasteiger partial charge in [-0.05, 0) is 67.5 Å². The number of aromatic hydroxyl groups is 1. The maximum atomic E-state index is 12.8. The van der Waals surface area contributed by atoms with Crippen LogP contribution in [0.25, 0.3) is 0 Å². The Hall–Kier alpha value is -3.07. The summed E-state index contributed by atoms with van der Waals surface area (Å²) >= 11 is 0. The lowest BCUT2D eigenvalue weighted by molar-refractivity contribution is -0.137. The third-order valence-electron chi connectivity index (χ3n) is 6.71. The standard InChI is InChI=1S/C25H28F3N3O3/c26-25(27,28)19-3-1-2-18(12-19)24(34)29-13-23(33)30-20-14-31(15-20)21-8-4-16(5-9-21)17-6-10-22(32)11-7-17/h1-3,6-7,10-12,16,20-21,32H,4-5,8-9,13-15H2,(H,29,34)(H,30,33)/t16-,21+. The normalized spacial score (nSPS) is 21.5. The zero-order valence-electron chi connectivity index (χ0n) is 18.6. The SMILES string of the molecule is O=C(CNC(=O)c1cccc(C(F)(F)F)c1)NC1CN([C@H]2CC[C@@H](c3ccc(O)cc3)CC2)C1. The topological polar surface area (TPSA) is 81.7 Å². The van der Waals surface area contributed by atoms with Gasteiger partial charge < -0.3 is 15.7 Å². The van der Waals surface area contributed by atoms with Crippen LogP contribution in [0.15, 0.2) is 48.5 Å². The molecule has 9 heteroatoms. The molecule has 1 saturated carbocycles. The molecule has 1 heterocycles. The van der Waals surface area contributed by atoms with Gasteiger partial charge in [-0.3, -0.25) is 14.5 Å². The summed E-state index contributed by atoms with van der Waals surface area (Å²) in [5.41, 5.74) is 0.216. The summed E-state index contributed by atoms with van der Waals surface area (Å²) < 4.78 is 38.4. The molecule has 2 aromatic rings. The molecule has 2 amide bonds. The zero-order chi connectivity index (χ0) is 24.3. The number of nitrogens with one attached hydrogen (secondary N) is 2. The molecule has 34 heavy (non-hydrogen) atoms. The van der Waals surface area contributed by atoms with E-state index in [9.17, 15) is 27.9 Å². The minimum Gasteiger partial charge on any atom is -0.508 e. The molecule has 0 atom stereocenters. The van der Waals surface area contributed by atoms with Crippen molar-refractivity contribution in [3.8, 4) is 5.75 Å². The van der Waals surface area contributed by atoms with Gasteiger partial charge in [-0.2, -0.15) is 13.2 Å². The number of carbonyl (C=O) groups is 2. The van der Waals surface area contributed by atoms with Gasteiger partial charge in [0, 0.05) is 24.7 Å². The van der Waals surface area contributed by atoms with E-state index < -0.39 is 17.6 Å². The second-order valence-corrected chi connectivity index (χ2v) is 9.08. The van der Waals surface area contributed by atoms with Crippen molar-refractivity contribution in [1.82, 2.24) is 15.5 Å². The van der Waals surface area contributed by atoms with Crippen LogP contribution in [0.3, 0.4) is 0 Å². The number of phenolic OH excluding ortho intramolecular Hbond substituents is 1. The molecule has 1 aliphatic heterocycles. The van der Waals surface area contributed by atoms with E-state index >= 15 is 0 Å². The number of amides is 2. The number of rotatable bonds is 6. The van der Waals surface area contributed by atoms with E-state index in [1.807, 2.05) is 12.1 Å². The van der Waals surface area contributed by atoms with Gasteiger partial charge in [-0.1, -0.05) is 18.2 Å². The minimum atomic E-state index is -4.53. The molecule has 3 N–H and O–H groups in total. The van der Waals surface area contributed by atoms with Crippen LogP contribution in [0, 0.1) is 0 Å². The van der Waals surface area contributed by atoms with Gasteiger partial charge in [-0.25, -0.2) is 0 Å². The number of alkyl halides is 3. The predicted octanol–water partition coefficient (Wildman–Crippen LogP) is 3.67. The smallest absolute Gasteiger partial charge is 0.416 e. The van der Waals surface area contributed by atoms with Crippen LogP contribution in [0.5, 0.6) is 5.75 Å². The Balaban J connectivity index is 1.15. The summed E-state index contributed by atoms with van der Waals surface area (Å²) in [7, 11) is 0. The third kappa shape index (κ3) is 5.88. The van der Waals surface area contributed by atoms with Crippen LogP contribution in [-0.4, -0.2) is 53.5 Å². The Morgan fingerprint density at radius 1 is 1.00 bits per heavy atom. The van der Waals surface area contributed by atoms with Gasteiger partial charge in [0.25, 0.3) is 5.91 Å². The number of hydrogen-bond donors (Lipinski definition) is 3. The van der Waals surface area contributed by atoms with Crippen molar-refractivity contribution in [2.75, 3.05) is 19.6 Å². The molecule has 6 nitrogen and oxygen atoms in total. The maximum absolute atomic E-state index is 12.8. The minimum absolute atomic E-state index is 0.00720. The summed E-state index contributed by atoms with van der Waals surface area (Å²) in [5.74, 6) is -0.293. The molecule has 2 aromatic carbocycles. The monoisotopic (exact) mass is 475 g/mol. The molecule has 0 aromatic heterocycles. The van der Waals surface area contributed by atoms with E-state index in [-0.39, 0.29) is 29.8 Å². The maximum Gasteiger partial charge on any atom is 0.416 e. The van der Waals surface area contributed by atoms with E-state index in [0.29, 0.717) is 12.0 Å². The molecule has 0 unspecified atom stereocenters. The summed E-state index contributed by atoms with van der Waals surface area (Å²) in [6, 6.07) is 12.0. The summed E-state index contributed by atoms with van der Waals surface area (Å²) in [4.78, 5) is 26.7. The fraction of sp³-hybridized carbons (Fsp3) is 0.440. The van der Waals surface area contributed by atoms with Crippen molar-refractivity contribution >= 4 is 11.8 Å². The van der Waals surface area contributed by atoms with Crippen molar-refractivity contribution in [2.24, 2.45) is 0 Å². The van der Waals surface area contributed by atoms with Crippen LogP contribution in [-0.2, 0) is 11.0 Å². The lowest BCUT2D eigenvalue weighted by Gasteiger charge is -2.46. The summed E-state index contributed by atoms with van der Waals surface area (Å²) in [5, 5.41) is 14.7. The second kappa shape index (κ2) is 10.0. The Kier molecular flexibility index (Phi) is 7.11. The molecule has 2 fully saturated rings. The van der Waals surface area contributed by atoms with Gasteiger partial charge in [0.05, 0.1) is 18.2 Å². The quantitative estimate of drug-likeness (QED) is 0.596. The number of carbonyl (C=O) groups excluding carboxylic acids is 2. The fourth-order valence-corrected chi connectivity index (χ4v) is 4.80. The summed E-state index contributed by atoms with van der Waals surface area (Å²) in [6.07, 6.45) is -0.192. The molecule has 4 rings (SSSR count). The Labute approximate surface area is 196 Å². The van der Waals surface area contributed by atoms with Gasteiger partial charge in [0.2, 0.25) is 5.91 Å². The van der Waals surface area contributed by atoms with Crippen LogP contribution in [0.4, 0.5) is 13.2 Å². The highest BCUT2D eigenvalue weighted by molar-refractivity contribution is 5.96. The molecule has 0 radical (unpaired) electrons. The first-order valence-electron chi connectivity index (χ1n) is 11.5. The molecule has 1 aliphatic carbocycles. The van der Waals surface area contributed by atoms with Gasteiger partial charge in [0.15, 0.2) is 0 Å². The van der Waals surface area contributed by atoms with Crippen molar-refractivity contribution < 1.29 is 27.9 Å². The van der Waals surface area contributed by atoms with Gasteiger partial charge in [-0.15, -0.1) is 0 Å². The number of hydrogen-bond acceptors (Lipinski definition) is 4. The molecule has 182 valence electrons. The summed E-state index contributed by atoms with van der Waals surface area (Å²) in [6.45, 7) is 1.22. The number of phenols is 1. The predicted molar refractivity (Wildman–Crippen MR) is 120 cm³/mol. The second-order valence-electron chi connectivity index (χ2n) is 9.08. The average molecular weight is 476 g/mol. The van der Waals surface area contributed by atoms with Crippen LogP contribution in [0.2, 0.25) is 0 Å². The molecule has 0 bridgehead atoms. The van der Waals surface area contributed by atoms with E-state index in [0.717, 1.165) is 50.9 Å². The number of nitrogens with zero attached hydrogens (tertiary/aromatic N) is 1.